The number of nitrogens with zero attached hydrogens (tertiary/aromatic N) is 5. The summed E-state index contributed by atoms with van der Waals surface area (Å²) in [5, 5.41) is 2.01. The number of hydrogen-bond donors (Lipinski definition) is 0. The second kappa shape index (κ2) is 7.95. The van der Waals surface area contributed by atoms with Gasteiger partial charge in [-0.3, -0.25) is 0 Å². The van der Waals surface area contributed by atoms with Crippen LogP contribution >= 0.6 is 12.2 Å². The quantitative estimate of drug-likeness (QED) is 0.709. The molecule has 0 N–H and O–H groups in total. The highest BCUT2D eigenvalue weighted by Gasteiger charge is 2.32. The first-order valence-electron chi connectivity index (χ1n) is 9.83. The Kier molecular flexibility index (Phi) is 5.39. The Hall–Kier alpha value is -2.35. The van der Waals surface area contributed by atoms with Crippen LogP contribution < -0.4 is 14.4 Å². The molecule has 1 aromatic carbocycles. The van der Waals surface area contributed by atoms with Crippen LogP contribution in [0.5, 0.6) is 11.5 Å². The third kappa shape index (κ3) is 3.30. The van der Waals surface area contributed by atoms with Gasteiger partial charge in [-0.15, -0.1) is 0 Å². The van der Waals surface area contributed by atoms with E-state index in [-0.39, 0.29) is 0 Å². The van der Waals surface area contributed by atoms with Crippen LogP contribution in [0.25, 0.3) is 10.9 Å². The highest BCUT2D eigenvalue weighted by Crippen LogP contribution is 2.35. The summed E-state index contributed by atoms with van der Waals surface area (Å²) in [4.78, 5) is 16.1. The van der Waals surface area contributed by atoms with E-state index in [1.54, 1.807) is 20.5 Å². The van der Waals surface area contributed by atoms with E-state index in [0.717, 1.165) is 67.4 Å². The lowest BCUT2D eigenvalue weighted by Gasteiger charge is -2.38. The average molecular weight is 402 g/mol. The first-order valence-corrected chi connectivity index (χ1v) is 10.2. The second-order valence-corrected chi connectivity index (χ2v) is 7.56. The summed E-state index contributed by atoms with van der Waals surface area (Å²) >= 11 is 5.67. The number of benzene rings is 1. The van der Waals surface area contributed by atoms with Crippen molar-refractivity contribution in [1.29, 1.82) is 0 Å². The number of methoxy groups -OCH3 is 2. The van der Waals surface area contributed by atoms with Gasteiger partial charge in [-0.2, -0.15) is 0 Å². The van der Waals surface area contributed by atoms with Gasteiger partial charge in [0.05, 0.1) is 19.7 Å². The standard InChI is InChI=1S/C20H27N5O2S/c1-4-23-9-10-25(20(23)28)14-5-7-24(8-6-14)19-15-11-17(26-2)18(27-3)12-16(15)21-13-22-19/h11-14H,4-10H2,1-3H3. The molecule has 0 unspecified atom stereocenters. The van der Waals surface area contributed by atoms with Crippen LogP contribution in [0.2, 0.25) is 0 Å². The van der Waals surface area contributed by atoms with Crippen molar-refractivity contribution in [3.05, 3.63) is 18.5 Å². The minimum absolute atomic E-state index is 0.517. The molecule has 8 heteroatoms. The van der Waals surface area contributed by atoms with Crippen LogP contribution in [0.4, 0.5) is 5.82 Å². The maximum absolute atomic E-state index is 5.67. The Labute approximate surface area is 171 Å². The second-order valence-electron chi connectivity index (χ2n) is 7.20. The van der Waals surface area contributed by atoms with Crippen LogP contribution in [0.3, 0.4) is 0 Å². The van der Waals surface area contributed by atoms with Crippen LogP contribution in [-0.4, -0.2) is 77.9 Å². The Bertz CT molecular complexity index is 869. The zero-order valence-corrected chi connectivity index (χ0v) is 17.5. The maximum atomic E-state index is 5.67. The van der Waals surface area contributed by atoms with Crippen LogP contribution in [0.1, 0.15) is 19.8 Å². The zero-order valence-electron chi connectivity index (χ0n) is 16.7. The van der Waals surface area contributed by atoms with E-state index in [2.05, 4.69) is 31.6 Å². The smallest absolute Gasteiger partial charge is 0.171 e. The molecule has 1 aromatic heterocycles. The summed E-state index contributed by atoms with van der Waals surface area (Å²) in [5.74, 6) is 2.34. The van der Waals surface area contributed by atoms with Crippen molar-refractivity contribution in [1.82, 2.24) is 19.8 Å². The lowest BCUT2D eigenvalue weighted by atomic mass is 10.0. The van der Waals surface area contributed by atoms with Gasteiger partial charge in [0.2, 0.25) is 0 Å². The lowest BCUT2D eigenvalue weighted by molar-refractivity contribution is 0.288. The van der Waals surface area contributed by atoms with E-state index < -0.39 is 0 Å². The number of rotatable bonds is 5. The van der Waals surface area contributed by atoms with E-state index >= 15 is 0 Å². The molecule has 0 atom stereocenters. The van der Waals surface area contributed by atoms with E-state index in [0.29, 0.717) is 17.5 Å². The third-order valence-corrected chi connectivity index (χ3v) is 6.33. The first-order chi connectivity index (χ1) is 13.7. The van der Waals surface area contributed by atoms with Gasteiger partial charge < -0.3 is 24.2 Å². The van der Waals surface area contributed by atoms with Gasteiger partial charge in [0.1, 0.15) is 12.1 Å². The van der Waals surface area contributed by atoms with E-state index in [1.165, 1.54) is 0 Å². The van der Waals surface area contributed by atoms with Gasteiger partial charge >= 0.3 is 0 Å². The van der Waals surface area contributed by atoms with Gasteiger partial charge in [-0.05, 0) is 38.0 Å². The van der Waals surface area contributed by atoms with E-state index in [4.69, 9.17) is 21.7 Å². The molecule has 150 valence electrons. The Balaban J connectivity index is 1.53. The summed E-state index contributed by atoms with van der Waals surface area (Å²) in [6.45, 7) is 7.17. The highest BCUT2D eigenvalue weighted by atomic mass is 32.1. The molecular formula is C20H27N5O2S. The normalized spacial score (nSPS) is 18.2. The molecule has 3 heterocycles. The van der Waals surface area contributed by atoms with Crippen molar-refractivity contribution in [2.45, 2.75) is 25.8 Å². The molecular weight excluding hydrogens is 374 g/mol. The van der Waals surface area contributed by atoms with Gasteiger partial charge in [-0.1, -0.05) is 0 Å². The fourth-order valence-electron chi connectivity index (χ4n) is 4.24. The van der Waals surface area contributed by atoms with Gasteiger partial charge in [0.25, 0.3) is 0 Å². The molecule has 2 aliphatic heterocycles. The van der Waals surface area contributed by atoms with Crippen LogP contribution in [0.15, 0.2) is 18.5 Å². The Morgan fingerprint density at radius 1 is 1.04 bits per heavy atom. The summed E-state index contributed by atoms with van der Waals surface area (Å²) < 4.78 is 10.9. The van der Waals surface area contributed by atoms with Crippen LogP contribution in [0, 0.1) is 0 Å². The highest BCUT2D eigenvalue weighted by molar-refractivity contribution is 7.80. The minimum Gasteiger partial charge on any atom is -0.493 e. The first kappa shape index (κ1) is 19.0. The minimum atomic E-state index is 0.517. The van der Waals surface area contributed by atoms with Gasteiger partial charge in [0.15, 0.2) is 16.6 Å². The molecule has 0 bridgehead atoms. The summed E-state index contributed by atoms with van der Waals surface area (Å²) in [6, 6.07) is 4.40. The molecule has 28 heavy (non-hydrogen) atoms. The molecule has 7 nitrogen and oxygen atoms in total. The number of anilines is 1. The summed E-state index contributed by atoms with van der Waals surface area (Å²) in [7, 11) is 3.29. The molecule has 0 saturated carbocycles. The van der Waals surface area contributed by atoms with Crippen molar-refractivity contribution in [3.8, 4) is 11.5 Å². The molecule has 4 rings (SSSR count). The number of thiocarbonyl (C=S) groups is 1. The molecule has 0 amide bonds. The number of hydrogen-bond acceptors (Lipinski definition) is 6. The number of aromatic nitrogens is 2. The molecule has 2 fully saturated rings. The SMILES string of the molecule is CCN1CCN(C2CCN(c3ncnc4cc(OC)c(OC)cc34)CC2)C1=S. The number of likely N-dealkylation sites (N-methyl/N-ethyl adjacent to an activating group) is 1. The zero-order chi connectivity index (χ0) is 19.7. The van der Waals surface area contributed by atoms with Crippen molar-refractivity contribution in [3.63, 3.8) is 0 Å². The van der Waals surface area contributed by atoms with Gasteiger partial charge in [0, 0.05) is 50.2 Å². The molecule has 0 spiro atoms. The third-order valence-electron chi connectivity index (χ3n) is 5.83. The Morgan fingerprint density at radius 2 is 1.75 bits per heavy atom. The fraction of sp³-hybridized carbons (Fsp3) is 0.550. The van der Waals surface area contributed by atoms with E-state index in [9.17, 15) is 0 Å². The van der Waals surface area contributed by atoms with Crippen molar-refractivity contribution in [2.75, 3.05) is 51.8 Å². The molecule has 2 aliphatic rings. The number of fused-ring (bicyclic) bond motifs is 1. The molecule has 0 radical (unpaired) electrons. The van der Waals surface area contributed by atoms with Crippen molar-refractivity contribution in [2.24, 2.45) is 0 Å². The maximum Gasteiger partial charge on any atom is 0.171 e. The average Bonchev–Trinajstić information content (AvgIpc) is 3.12. The fourth-order valence-corrected chi connectivity index (χ4v) is 4.71. The number of ether oxygens (including phenoxy) is 2. The van der Waals surface area contributed by atoms with E-state index in [1.807, 2.05) is 12.1 Å². The monoisotopic (exact) mass is 401 g/mol. The predicted octanol–water partition coefficient (Wildman–Crippen LogP) is 2.54. The lowest BCUT2D eigenvalue weighted by Crippen LogP contribution is -2.46. The molecule has 2 aromatic rings. The van der Waals surface area contributed by atoms with Crippen molar-refractivity contribution >= 4 is 34.1 Å². The van der Waals surface area contributed by atoms with Crippen LogP contribution in [-0.2, 0) is 0 Å². The summed E-state index contributed by atoms with van der Waals surface area (Å²) in [6.07, 6.45) is 3.79. The predicted molar refractivity (Wildman–Crippen MR) is 114 cm³/mol. The molecule has 2 saturated heterocycles. The Morgan fingerprint density at radius 3 is 2.39 bits per heavy atom. The topological polar surface area (TPSA) is 54.0 Å². The van der Waals surface area contributed by atoms with Crippen molar-refractivity contribution < 1.29 is 9.47 Å². The van der Waals surface area contributed by atoms with Gasteiger partial charge in [-0.25, -0.2) is 9.97 Å². The largest absolute Gasteiger partial charge is 0.493 e. The summed E-state index contributed by atoms with van der Waals surface area (Å²) in [5.41, 5.74) is 0.865. The molecule has 0 aliphatic carbocycles. The number of piperidine rings is 1.